The van der Waals surface area contributed by atoms with Gasteiger partial charge in [-0.05, 0) is 19.4 Å². The molecular weight excluding hydrogens is 176 g/mol. The van der Waals surface area contributed by atoms with E-state index in [1.807, 2.05) is 33.3 Å². The Morgan fingerprint density at radius 1 is 1.29 bits per heavy atom. The van der Waals surface area contributed by atoms with E-state index < -0.39 is 0 Å². The predicted molar refractivity (Wildman–Crippen MR) is 53.7 cm³/mol. The second-order valence-corrected chi connectivity index (χ2v) is 3.36. The van der Waals surface area contributed by atoms with E-state index in [-0.39, 0.29) is 0 Å². The number of nitrogens with zero attached hydrogens (tertiary/aromatic N) is 4. The van der Waals surface area contributed by atoms with Crippen LogP contribution in [-0.4, -0.2) is 19.7 Å². The molecule has 2 aromatic rings. The van der Waals surface area contributed by atoms with Crippen molar-refractivity contribution in [3.05, 3.63) is 30.0 Å². The summed E-state index contributed by atoms with van der Waals surface area (Å²) < 4.78 is 1.80. The molecule has 2 aromatic heterocycles. The van der Waals surface area contributed by atoms with Crippen molar-refractivity contribution < 1.29 is 0 Å². The minimum absolute atomic E-state index is 0.964. The number of rotatable bonds is 1. The van der Waals surface area contributed by atoms with E-state index in [9.17, 15) is 0 Å². The van der Waals surface area contributed by atoms with Crippen molar-refractivity contribution in [3.8, 4) is 11.3 Å². The van der Waals surface area contributed by atoms with Gasteiger partial charge in [0.1, 0.15) is 6.33 Å². The summed E-state index contributed by atoms with van der Waals surface area (Å²) in [5, 5.41) is 4.28. The van der Waals surface area contributed by atoms with Crippen LogP contribution in [0, 0.1) is 13.8 Å². The van der Waals surface area contributed by atoms with Gasteiger partial charge in [0, 0.05) is 25.0 Å². The highest BCUT2D eigenvalue weighted by Crippen LogP contribution is 2.22. The summed E-state index contributed by atoms with van der Waals surface area (Å²) in [6.07, 6.45) is 5.36. The molecule has 0 aliphatic heterocycles. The first-order valence-corrected chi connectivity index (χ1v) is 4.45. The Labute approximate surface area is 82.6 Å². The first kappa shape index (κ1) is 8.87. The minimum atomic E-state index is 0.964. The van der Waals surface area contributed by atoms with Crippen molar-refractivity contribution in [2.75, 3.05) is 0 Å². The molecule has 0 fully saturated rings. The molecule has 14 heavy (non-hydrogen) atoms. The van der Waals surface area contributed by atoms with Gasteiger partial charge in [-0.3, -0.25) is 4.68 Å². The molecule has 0 spiro atoms. The number of aromatic nitrogens is 4. The van der Waals surface area contributed by atoms with Crippen molar-refractivity contribution in [1.29, 1.82) is 0 Å². The molecule has 2 heterocycles. The van der Waals surface area contributed by atoms with E-state index in [4.69, 9.17) is 0 Å². The largest absolute Gasteiger partial charge is 0.275 e. The van der Waals surface area contributed by atoms with Crippen LogP contribution < -0.4 is 0 Å². The monoisotopic (exact) mass is 188 g/mol. The third-order valence-electron chi connectivity index (χ3n) is 2.16. The fraction of sp³-hybridized carbons (Fsp3) is 0.300. The summed E-state index contributed by atoms with van der Waals surface area (Å²) in [6, 6.07) is 0. The zero-order valence-electron chi connectivity index (χ0n) is 8.52. The van der Waals surface area contributed by atoms with Crippen LogP contribution in [0.1, 0.15) is 11.3 Å². The van der Waals surface area contributed by atoms with Crippen LogP contribution in [-0.2, 0) is 7.05 Å². The second-order valence-electron chi connectivity index (χ2n) is 3.36. The lowest BCUT2D eigenvalue weighted by atomic mass is 10.1. The van der Waals surface area contributed by atoms with Gasteiger partial charge in [-0.2, -0.15) is 5.10 Å². The lowest BCUT2D eigenvalue weighted by Crippen LogP contribution is -1.89. The van der Waals surface area contributed by atoms with E-state index in [0.717, 1.165) is 22.5 Å². The van der Waals surface area contributed by atoms with Crippen molar-refractivity contribution in [1.82, 2.24) is 19.7 Å². The molecule has 72 valence electrons. The quantitative estimate of drug-likeness (QED) is 0.681. The van der Waals surface area contributed by atoms with Crippen molar-refractivity contribution in [3.63, 3.8) is 0 Å². The Bertz CT molecular complexity index is 459. The summed E-state index contributed by atoms with van der Waals surface area (Å²) >= 11 is 0. The molecular formula is C10H12N4. The first-order valence-electron chi connectivity index (χ1n) is 4.45. The molecule has 0 N–H and O–H groups in total. The van der Waals surface area contributed by atoms with E-state index >= 15 is 0 Å². The summed E-state index contributed by atoms with van der Waals surface area (Å²) in [5.41, 5.74) is 4.11. The highest BCUT2D eigenvalue weighted by atomic mass is 15.2. The topological polar surface area (TPSA) is 43.6 Å². The van der Waals surface area contributed by atoms with Crippen molar-refractivity contribution >= 4 is 0 Å². The fourth-order valence-electron chi connectivity index (χ4n) is 1.51. The van der Waals surface area contributed by atoms with Crippen molar-refractivity contribution in [2.24, 2.45) is 7.05 Å². The van der Waals surface area contributed by atoms with Crippen LogP contribution in [0.25, 0.3) is 11.3 Å². The van der Waals surface area contributed by atoms with Gasteiger partial charge in [-0.15, -0.1) is 0 Å². The molecule has 0 aliphatic rings. The normalized spacial score (nSPS) is 10.5. The number of hydrogen-bond donors (Lipinski definition) is 0. The van der Waals surface area contributed by atoms with E-state index in [1.54, 1.807) is 11.0 Å². The second kappa shape index (κ2) is 3.21. The Hall–Kier alpha value is -1.71. The van der Waals surface area contributed by atoms with Crippen LogP contribution in [0.3, 0.4) is 0 Å². The van der Waals surface area contributed by atoms with E-state index in [2.05, 4.69) is 15.1 Å². The molecule has 0 bridgehead atoms. The molecule has 0 atom stereocenters. The van der Waals surface area contributed by atoms with Gasteiger partial charge in [0.2, 0.25) is 0 Å². The minimum Gasteiger partial charge on any atom is -0.275 e. The summed E-state index contributed by atoms with van der Waals surface area (Å²) in [6.45, 7) is 3.98. The molecule has 0 aliphatic carbocycles. The highest BCUT2D eigenvalue weighted by molar-refractivity contribution is 5.63. The van der Waals surface area contributed by atoms with Gasteiger partial charge >= 0.3 is 0 Å². The van der Waals surface area contributed by atoms with Gasteiger partial charge in [-0.25, -0.2) is 9.97 Å². The van der Waals surface area contributed by atoms with Crippen LogP contribution >= 0.6 is 0 Å². The van der Waals surface area contributed by atoms with Crippen LogP contribution in [0.4, 0.5) is 0 Å². The van der Waals surface area contributed by atoms with E-state index in [0.29, 0.717) is 0 Å². The molecule has 2 rings (SSSR count). The van der Waals surface area contributed by atoms with Gasteiger partial charge in [0.25, 0.3) is 0 Å². The lowest BCUT2D eigenvalue weighted by molar-refractivity contribution is 0.756. The standard InChI is InChI=1S/C10H12N4/c1-7-4-11-6-12-10(7)9-5-14(3)13-8(9)2/h4-6H,1-3H3. The molecule has 0 unspecified atom stereocenters. The average Bonchev–Trinajstić information content (AvgIpc) is 2.46. The third kappa shape index (κ3) is 1.39. The molecule has 0 aromatic carbocycles. The van der Waals surface area contributed by atoms with Gasteiger partial charge in [0.05, 0.1) is 11.4 Å². The average molecular weight is 188 g/mol. The van der Waals surface area contributed by atoms with Crippen LogP contribution in [0.15, 0.2) is 18.7 Å². The Balaban J connectivity index is 2.60. The summed E-state index contributed by atoms with van der Waals surface area (Å²) in [4.78, 5) is 8.23. The molecule has 0 saturated heterocycles. The Morgan fingerprint density at radius 2 is 2.07 bits per heavy atom. The highest BCUT2D eigenvalue weighted by Gasteiger charge is 2.09. The molecule has 4 heteroatoms. The SMILES string of the molecule is Cc1cncnc1-c1cn(C)nc1C. The summed E-state index contributed by atoms with van der Waals surface area (Å²) in [7, 11) is 1.91. The van der Waals surface area contributed by atoms with Crippen LogP contribution in [0.5, 0.6) is 0 Å². The van der Waals surface area contributed by atoms with Gasteiger partial charge in [-0.1, -0.05) is 0 Å². The fourth-order valence-corrected chi connectivity index (χ4v) is 1.51. The number of aryl methyl sites for hydroxylation is 3. The maximum Gasteiger partial charge on any atom is 0.116 e. The zero-order valence-corrected chi connectivity index (χ0v) is 8.52. The number of hydrogen-bond acceptors (Lipinski definition) is 3. The maximum absolute atomic E-state index is 4.28. The third-order valence-corrected chi connectivity index (χ3v) is 2.16. The maximum atomic E-state index is 4.28. The predicted octanol–water partition coefficient (Wildman–Crippen LogP) is 1.49. The van der Waals surface area contributed by atoms with E-state index in [1.165, 1.54) is 0 Å². The molecule has 4 nitrogen and oxygen atoms in total. The Kier molecular flexibility index (Phi) is 2.04. The molecule has 0 amide bonds. The zero-order chi connectivity index (χ0) is 10.1. The molecule has 0 radical (unpaired) electrons. The smallest absolute Gasteiger partial charge is 0.116 e. The Morgan fingerprint density at radius 3 is 2.64 bits per heavy atom. The molecule has 0 saturated carbocycles. The van der Waals surface area contributed by atoms with Crippen molar-refractivity contribution in [2.45, 2.75) is 13.8 Å². The first-order chi connectivity index (χ1) is 6.68. The summed E-state index contributed by atoms with van der Waals surface area (Å²) in [5.74, 6) is 0. The van der Waals surface area contributed by atoms with Crippen LogP contribution in [0.2, 0.25) is 0 Å². The lowest BCUT2D eigenvalue weighted by Gasteiger charge is -2.00. The van der Waals surface area contributed by atoms with Gasteiger partial charge in [0.15, 0.2) is 0 Å². The van der Waals surface area contributed by atoms with Gasteiger partial charge < -0.3 is 0 Å².